The molecule has 6 heteroatoms. The van der Waals surface area contributed by atoms with Crippen LogP contribution in [-0.2, 0) is 14.9 Å². The Morgan fingerprint density at radius 1 is 1.00 bits per heavy atom. The van der Waals surface area contributed by atoms with Crippen LogP contribution in [0.1, 0.15) is 56.2 Å². The van der Waals surface area contributed by atoms with Gasteiger partial charge in [-0.25, -0.2) is 4.79 Å². The molecule has 1 heterocycles. The molecule has 2 aliphatic rings. The summed E-state index contributed by atoms with van der Waals surface area (Å²) in [7, 11) is 0. The van der Waals surface area contributed by atoms with Gasteiger partial charge < -0.3 is 10.1 Å². The van der Waals surface area contributed by atoms with Crippen molar-refractivity contribution < 1.29 is 14.3 Å². The summed E-state index contributed by atoms with van der Waals surface area (Å²) in [5, 5.41) is 8.12. The van der Waals surface area contributed by atoms with Gasteiger partial charge in [0, 0.05) is 23.0 Å². The molecular formula is C23H28N2O3S. The SMILES string of the molecule is O=C(Nc1ccccc1)O[C@H]1CCC[C@@H](NC(=O)C2(c3cccs3)CCCC2)C1. The number of hydrogen-bond acceptors (Lipinski definition) is 4. The van der Waals surface area contributed by atoms with E-state index in [1.54, 1.807) is 11.3 Å². The topological polar surface area (TPSA) is 67.4 Å². The standard InChI is InChI=1S/C23H28N2O3S/c26-21(23(13-4-5-14-23)20-12-7-15-29-20)24-18-10-6-11-19(16-18)28-22(27)25-17-8-2-1-3-9-17/h1-3,7-9,12,15,18-19H,4-6,10-11,13-14,16H2,(H,24,26)(H,25,27)/t18-,19+/m1/s1. The van der Waals surface area contributed by atoms with E-state index in [9.17, 15) is 9.59 Å². The zero-order chi connectivity index (χ0) is 20.1. The maximum Gasteiger partial charge on any atom is 0.411 e. The Kier molecular flexibility index (Phi) is 6.19. The van der Waals surface area contributed by atoms with E-state index >= 15 is 0 Å². The van der Waals surface area contributed by atoms with E-state index in [2.05, 4.69) is 22.1 Å². The molecule has 0 radical (unpaired) electrons. The van der Waals surface area contributed by atoms with Gasteiger partial charge in [-0.1, -0.05) is 37.1 Å². The van der Waals surface area contributed by atoms with E-state index in [0.29, 0.717) is 6.42 Å². The first kappa shape index (κ1) is 20.0. The number of anilines is 1. The van der Waals surface area contributed by atoms with Crippen molar-refractivity contribution in [3.63, 3.8) is 0 Å². The van der Waals surface area contributed by atoms with Crippen molar-refractivity contribution in [2.24, 2.45) is 0 Å². The van der Waals surface area contributed by atoms with Crippen LogP contribution in [0.3, 0.4) is 0 Å². The zero-order valence-corrected chi connectivity index (χ0v) is 17.4. The van der Waals surface area contributed by atoms with E-state index in [4.69, 9.17) is 4.74 Å². The summed E-state index contributed by atoms with van der Waals surface area (Å²) in [6, 6.07) is 13.5. The summed E-state index contributed by atoms with van der Waals surface area (Å²) in [5.41, 5.74) is 0.351. The number of hydrogen-bond donors (Lipinski definition) is 2. The number of carbonyl (C=O) groups excluding carboxylic acids is 2. The maximum absolute atomic E-state index is 13.3. The molecule has 1 aromatic carbocycles. The van der Waals surface area contributed by atoms with Gasteiger partial charge in [-0.05, 0) is 55.7 Å². The van der Waals surface area contributed by atoms with Gasteiger partial charge in [-0.2, -0.15) is 0 Å². The van der Waals surface area contributed by atoms with Gasteiger partial charge in [0.1, 0.15) is 6.10 Å². The van der Waals surface area contributed by atoms with Crippen molar-refractivity contribution in [2.75, 3.05) is 5.32 Å². The Bertz CT molecular complexity index is 816. The van der Waals surface area contributed by atoms with Crippen LogP contribution < -0.4 is 10.6 Å². The highest BCUT2D eigenvalue weighted by Gasteiger charge is 2.44. The monoisotopic (exact) mass is 412 g/mol. The number of carbonyl (C=O) groups is 2. The second-order valence-electron chi connectivity index (χ2n) is 8.12. The van der Waals surface area contributed by atoms with E-state index in [0.717, 1.165) is 50.6 Å². The smallest absolute Gasteiger partial charge is 0.411 e. The fourth-order valence-electron chi connectivity index (χ4n) is 4.64. The first-order chi connectivity index (χ1) is 14.2. The predicted octanol–water partition coefficient (Wildman–Crippen LogP) is 5.24. The maximum atomic E-state index is 13.3. The Morgan fingerprint density at radius 3 is 2.52 bits per heavy atom. The van der Waals surface area contributed by atoms with E-state index in [-0.39, 0.29) is 23.5 Å². The molecule has 0 saturated heterocycles. The minimum absolute atomic E-state index is 0.0585. The second-order valence-corrected chi connectivity index (χ2v) is 9.07. The lowest BCUT2D eigenvalue weighted by atomic mass is 9.82. The molecule has 0 aliphatic heterocycles. The van der Waals surface area contributed by atoms with Crippen molar-refractivity contribution in [3.8, 4) is 0 Å². The summed E-state index contributed by atoms with van der Waals surface area (Å²) < 4.78 is 5.63. The third-order valence-electron chi connectivity index (χ3n) is 6.14. The summed E-state index contributed by atoms with van der Waals surface area (Å²) in [5.74, 6) is 0.150. The zero-order valence-electron chi connectivity index (χ0n) is 16.6. The van der Waals surface area contributed by atoms with Crippen LogP contribution in [0.25, 0.3) is 0 Å². The predicted molar refractivity (Wildman–Crippen MR) is 115 cm³/mol. The lowest BCUT2D eigenvalue weighted by molar-refractivity contribution is -0.127. The van der Waals surface area contributed by atoms with Gasteiger partial charge >= 0.3 is 6.09 Å². The van der Waals surface area contributed by atoms with Crippen molar-refractivity contribution >= 4 is 29.0 Å². The Hall–Kier alpha value is -2.34. The normalized spacial score (nSPS) is 23.3. The molecule has 1 aromatic heterocycles. The second kappa shape index (κ2) is 8.99. The number of rotatable bonds is 5. The number of nitrogens with one attached hydrogen (secondary N) is 2. The highest BCUT2D eigenvalue weighted by atomic mass is 32.1. The van der Waals surface area contributed by atoms with E-state index in [1.807, 2.05) is 36.4 Å². The summed E-state index contributed by atoms with van der Waals surface area (Å²) in [4.78, 5) is 26.7. The average molecular weight is 413 g/mol. The van der Waals surface area contributed by atoms with Gasteiger partial charge in [0.05, 0.1) is 5.41 Å². The molecule has 2 aromatic rings. The fraction of sp³-hybridized carbons (Fsp3) is 0.478. The van der Waals surface area contributed by atoms with Crippen molar-refractivity contribution in [1.82, 2.24) is 5.32 Å². The molecule has 2 N–H and O–H groups in total. The molecule has 0 bridgehead atoms. The summed E-state index contributed by atoms with van der Waals surface area (Å²) in [6.45, 7) is 0. The first-order valence-corrected chi connectivity index (χ1v) is 11.4. The molecule has 154 valence electrons. The average Bonchev–Trinajstić information content (AvgIpc) is 3.41. The van der Waals surface area contributed by atoms with Crippen LogP contribution in [-0.4, -0.2) is 24.1 Å². The number of thiophene rings is 1. The van der Waals surface area contributed by atoms with Crippen molar-refractivity contribution in [3.05, 3.63) is 52.7 Å². The molecule has 29 heavy (non-hydrogen) atoms. The van der Waals surface area contributed by atoms with E-state index in [1.165, 1.54) is 4.88 Å². The van der Waals surface area contributed by atoms with Gasteiger partial charge in [-0.15, -0.1) is 11.3 Å². The van der Waals surface area contributed by atoms with Crippen LogP contribution in [0, 0.1) is 0 Å². The first-order valence-electron chi connectivity index (χ1n) is 10.5. The molecule has 0 unspecified atom stereocenters. The number of benzene rings is 1. The quantitative estimate of drug-likeness (QED) is 0.706. The molecule has 2 atom stereocenters. The Morgan fingerprint density at radius 2 is 1.79 bits per heavy atom. The van der Waals surface area contributed by atoms with Crippen LogP contribution in [0.15, 0.2) is 47.8 Å². The Labute approximate surface area is 175 Å². The van der Waals surface area contributed by atoms with Gasteiger partial charge in [-0.3, -0.25) is 10.1 Å². The molecule has 2 fully saturated rings. The number of ether oxygens (including phenoxy) is 1. The van der Waals surface area contributed by atoms with Gasteiger partial charge in [0.25, 0.3) is 0 Å². The van der Waals surface area contributed by atoms with Crippen molar-refractivity contribution in [2.45, 2.75) is 68.9 Å². The third kappa shape index (κ3) is 4.64. The van der Waals surface area contributed by atoms with Crippen LogP contribution in [0.5, 0.6) is 0 Å². The minimum Gasteiger partial charge on any atom is -0.446 e. The van der Waals surface area contributed by atoms with Crippen LogP contribution in [0.2, 0.25) is 0 Å². The molecule has 2 amide bonds. The summed E-state index contributed by atoms with van der Waals surface area (Å²) >= 11 is 1.68. The summed E-state index contributed by atoms with van der Waals surface area (Å²) in [6.07, 6.45) is 6.84. The number of amides is 2. The molecule has 4 rings (SSSR count). The molecule has 2 aliphatic carbocycles. The van der Waals surface area contributed by atoms with E-state index < -0.39 is 6.09 Å². The molecular weight excluding hydrogens is 384 g/mol. The highest BCUT2D eigenvalue weighted by molar-refractivity contribution is 7.10. The fourth-order valence-corrected chi connectivity index (χ4v) is 5.62. The lowest BCUT2D eigenvalue weighted by Gasteiger charge is -2.33. The molecule has 0 spiro atoms. The van der Waals surface area contributed by atoms with Crippen molar-refractivity contribution in [1.29, 1.82) is 0 Å². The molecule has 2 saturated carbocycles. The van der Waals surface area contributed by atoms with Crippen LogP contribution in [0.4, 0.5) is 10.5 Å². The van der Waals surface area contributed by atoms with Gasteiger partial charge in [0.2, 0.25) is 5.91 Å². The lowest BCUT2D eigenvalue weighted by Crippen LogP contribution is -2.49. The minimum atomic E-state index is -0.431. The Balaban J connectivity index is 1.33. The van der Waals surface area contributed by atoms with Gasteiger partial charge in [0.15, 0.2) is 0 Å². The molecule has 5 nitrogen and oxygen atoms in total. The largest absolute Gasteiger partial charge is 0.446 e. The highest BCUT2D eigenvalue weighted by Crippen LogP contribution is 2.43. The third-order valence-corrected chi connectivity index (χ3v) is 7.21. The number of para-hydroxylation sites is 1. The van der Waals surface area contributed by atoms with Crippen LogP contribution >= 0.6 is 11.3 Å².